The molecule has 1 fully saturated rings. The van der Waals surface area contributed by atoms with Gasteiger partial charge in [-0.15, -0.1) is 0 Å². The first-order chi connectivity index (χ1) is 10.6. The third-order valence-electron chi connectivity index (χ3n) is 3.82. The van der Waals surface area contributed by atoms with Gasteiger partial charge in [0.1, 0.15) is 6.10 Å². The fourth-order valence-electron chi connectivity index (χ4n) is 2.64. The van der Waals surface area contributed by atoms with E-state index >= 15 is 0 Å². The predicted molar refractivity (Wildman–Crippen MR) is 82.9 cm³/mol. The van der Waals surface area contributed by atoms with E-state index in [1.807, 2.05) is 43.0 Å². The van der Waals surface area contributed by atoms with Crippen LogP contribution in [0.1, 0.15) is 28.2 Å². The highest BCUT2D eigenvalue weighted by Gasteiger charge is 2.29. The van der Waals surface area contributed by atoms with Gasteiger partial charge < -0.3 is 9.64 Å². The second-order valence-electron chi connectivity index (χ2n) is 5.53. The normalized spacial score (nSPS) is 17.5. The van der Waals surface area contributed by atoms with E-state index in [1.54, 1.807) is 12.3 Å². The molecular formula is C17H19N3O2. The van der Waals surface area contributed by atoms with Crippen LogP contribution >= 0.6 is 0 Å². The van der Waals surface area contributed by atoms with Crippen LogP contribution in [0.15, 0.2) is 36.5 Å². The number of amides is 1. The maximum absolute atomic E-state index is 12.5. The third-order valence-corrected chi connectivity index (χ3v) is 3.82. The lowest BCUT2D eigenvalue weighted by Gasteiger charge is -2.17. The molecule has 1 saturated heterocycles. The van der Waals surface area contributed by atoms with Crippen molar-refractivity contribution in [1.82, 2.24) is 14.9 Å². The first-order valence-corrected chi connectivity index (χ1v) is 7.44. The van der Waals surface area contributed by atoms with Crippen LogP contribution in [0.5, 0.6) is 5.88 Å². The SMILES string of the molecule is Cc1cccc(OC2CCN(C(=O)c3cccnc3C)C2)n1. The van der Waals surface area contributed by atoms with Crippen molar-refractivity contribution in [2.75, 3.05) is 13.1 Å². The first-order valence-electron chi connectivity index (χ1n) is 7.44. The molecular weight excluding hydrogens is 278 g/mol. The molecule has 1 aliphatic heterocycles. The van der Waals surface area contributed by atoms with Gasteiger partial charge in [0.2, 0.25) is 5.88 Å². The Kier molecular flexibility index (Phi) is 4.04. The number of carbonyl (C=O) groups is 1. The molecule has 1 aliphatic rings. The predicted octanol–water partition coefficient (Wildman–Crippen LogP) is 2.39. The molecule has 5 heteroatoms. The summed E-state index contributed by atoms with van der Waals surface area (Å²) in [7, 11) is 0. The number of ether oxygens (including phenoxy) is 1. The Labute approximate surface area is 130 Å². The summed E-state index contributed by atoms with van der Waals surface area (Å²) in [6.45, 7) is 5.07. The second kappa shape index (κ2) is 6.13. The highest BCUT2D eigenvalue weighted by Crippen LogP contribution is 2.19. The first kappa shape index (κ1) is 14.5. The Bertz CT molecular complexity index is 687. The summed E-state index contributed by atoms with van der Waals surface area (Å²) in [4.78, 5) is 22.9. The summed E-state index contributed by atoms with van der Waals surface area (Å²) in [6.07, 6.45) is 2.52. The fourth-order valence-corrected chi connectivity index (χ4v) is 2.64. The average molecular weight is 297 g/mol. The molecule has 2 aromatic heterocycles. The Hall–Kier alpha value is -2.43. The molecule has 5 nitrogen and oxygen atoms in total. The largest absolute Gasteiger partial charge is 0.472 e. The molecule has 0 N–H and O–H groups in total. The minimum Gasteiger partial charge on any atom is -0.472 e. The van der Waals surface area contributed by atoms with E-state index in [9.17, 15) is 4.79 Å². The van der Waals surface area contributed by atoms with Gasteiger partial charge in [0.25, 0.3) is 5.91 Å². The monoisotopic (exact) mass is 297 g/mol. The summed E-state index contributed by atoms with van der Waals surface area (Å²) in [6, 6.07) is 9.32. The van der Waals surface area contributed by atoms with E-state index < -0.39 is 0 Å². The molecule has 1 unspecified atom stereocenters. The van der Waals surface area contributed by atoms with Crippen LogP contribution in [0.4, 0.5) is 0 Å². The Balaban J connectivity index is 1.65. The minimum atomic E-state index is -0.00442. The van der Waals surface area contributed by atoms with Gasteiger partial charge >= 0.3 is 0 Å². The van der Waals surface area contributed by atoms with Gasteiger partial charge in [0.05, 0.1) is 12.1 Å². The van der Waals surface area contributed by atoms with Crippen LogP contribution in [-0.4, -0.2) is 40.0 Å². The van der Waals surface area contributed by atoms with Crippen molar-refractivity contribution in [3.8, 4) is 5.88 Å². The Morgan fingerprint density at radius 3 is 2.91 bits per heavy atom. The number of carbonyl (C=O) groups excluding carboxylic acids is 1. The van der Waals surface area contributed by atoms with Crippen molar-refractivity contribution >= 4 is 5.91 Å². The van der Waals surface area contributed by atoms with Crippen LogP contribution in [0.25, 0.3) is 0 Å². The molecule has 0 aliphatic carbocycles. The van der Waals surface area contributed by atoms with Crippen LogP contribution in [-0.2, 0) is 0 Å². The zero-order valence-electron chi connectivity index (χ0n) is 12.8. The van der Waals surface area contributed by atoms with Crippen molar-refractivity contribution in [3.05, 3.63) is 53.5 Å². The second-order valence-corrected chi connectivity index (χ2v) is 5.53. The van der Waals surface area contributed by atoms with Gasteiger partial charge in [-0.05, 0) is 32.0 Å². The van der Waals surface area contributed by atoms with Crippen LogP contribution in [0.2, 0.25) is 0 Å². The maximum Gasteiger partial charge on any atom is 0.255 e. The summed E-state index contributed by atoms with van der Waals surface area (Å²) in [5.41, 5.74) is 2.35. The van der Waals surface area contributed by atoms with E-state index in [2.05, 4.69) is 9.97 Å². The van der Waals surface area contributed by atoms with Gasteiger partial charge in [0, 0.05) is 36.6 Å². The number of pyridine rings is 2. The van der Waals surface area contributed by atoms with Crippen LogP contribution in [0, 0.1) is 13.8 Å². The standard InChI is InChI=1S/C17H19N3O2/c1-12-5-3-7-16(19-12)22-14-8-10-20(11-14)17(21)15-6-4-9-18-13(15)2/h3-7,9,14H,8,10-11H2,1-2H3. The van der Waals surface area contributed by atoms with Crippen LogP contribution < -0.4 is 4.74 Å². The van der Waals surface area contributed by atoms with Crippen LogP contribution in [0.3, 0.4) is 0 Å². The molecule has 1 atom stereocenters. The molecule has 0 radical (unpaired) electrons. The Morgan fingerprint density at radius 1 is 1.27 bits per heavy atom. The summed E-state index contributed by atoms with van der Waals surface area (Å²) < 4.78 is 5.88. The average Bonchev–Trinajstić information content (AvgIpc) is 2.95. The number of rotatable bonds is 3. The number of nitrogens with zero attached hydrogens (tertiary/aromatic N) is 3. The van der Waals surface area contributed by atoms with E-state index in [1.165, 1.54) is 0 Å². The van der Waals surface area contributed by atoms with E-state index in [-0.39, 0.29) is 12.0 Å². The smallest absolute Gasteiger partial charge is 0.255 e. The number of hydrogen-bond acceptors (Lipinski definition) is 4. The highest BCUT2D eigenvalue weighted by molar-refractivity contribution is 5.95. The molecule has 0 aromatic carbocycles. The van der Waals surface area contributed by atoms with E-state index in [0.717, 1.165) is 17.8 Å². The minimum absolute atomic E-state index is 0.00442. The number of aryl methyl sites for hydroxylation is 2. The van der Waals surface area contributed by atoms with Gasteiger partial charge in [-0.2, -0.15) is 0 Å². The van der Waals surface area contributed by atoms with Gasteiger partial charge in [-0.25, -0.2) is 4.98 Å². The molecule has 2 aromatic rings. The summed E-state index contributed by atoms with van der Waals surface area (Å²) >= 11 is 0. The number of aromatic nitrogens is 2. The zero-order chi connectivity index (χ0) is 15.5. The van der Waals surface area contributed by atoms with Gasteiger partial charge in [-0.1, -0.05) is 6.07 Å². The molecule has 0 saturated carbocycles. The fraction of sp³-hybridized carbons (Fsp3) is 0.353. The lowest BCUT2D eigenvalue weighted by Crippen LogP contribution is -2.31. The van der Waals surface area contributed by atoms with Gasteiger partial charge in [0.15, 0.2) is 0 Å². The Morgan fingerprint density at radius 2 is 2.14 bits per heavy atom. The van der Waals surface area contributed by atoms with E-state index in [4.69, 9.17) is 4.74 Å². The van der Waals surface area contributed by atoms with Gasteiger partial charge in [-0.3, -0.25) is 9.78 Å². The van der Waals surface area contributed by atoms with Crippen molar-refractivity contribution in [1.29, 1.82) is 0 Å². The van der Waals surface area contributed by atoms with Crippen molar-refractivity contribution in [2.24, 2.45) is 0 Å². The zero-order valence-corrected chi connectivity index (χ0v) is 12.8. The summed E-state index contributed by atoms with van der Waals surface area (Å²) in [5.74, 6) is 0.644. The lowest BCUT2D eigenvalue weighted by molar-refractivity contribution is 0.0770. The van der Waals surface area contributed by atoms with E-state index in [0.29, 0.717) is 24.5 Å². The molecule has 1 amide bonds. The topological polar surface area (TPSA) is 55.3 Å². The molecule has 114 valence electrons. The lowest BCUT2D eigenvalue weighted by atomic mass is 10.2. The van der Waals surface area contributed by atoms with Crippen molar-refractivity contribution in [3.63, 3.8) is 0 Å². The number of likely N-dealkylation sites (tertiary alicyclic amines) is 1. The quantitative estimate of drug-likeness (QED) is 0.873. The van der Waals surface area contributed by atoms with Crippen molar-refractivity contribution < 1.29 is 9.53 Å². The number of hydrogen-bond donors (Lipinski definition) is 0. The molecule has 3 heterocycles. The maximum atomic E-state index is 12.5. The summed E-state index contributed by atoms with van der Waals surface area (Å²) in [5, 5.41) is 0. The molecule has 3 rings (SSSR count). The third kappa shape index (κ3) is 3.08. The van der Waals surface area contributed by atoms with Crippen molar-refractivity contribution in [2.45, 2.75) is 26.4 Å². The molecule has 0 spiro atoms. The molecule has 22 heavy (non-hydrogen) atoms. The highest BCUT2D eigenvalue weighted by atomic mass is 16.5. The molecule has 0 bridgehead atoms.